The lowest BCUT2D eigenvalue weighted by Crippen LogP contribution is -2.46. The lowest BCUT2D eigenvalue weighted by Gasteiger charge is -2.29. The number of nitrogens with one attached hydrogen (secondary N) is 1. The van der Waals surface area contributed by atoms with Gasteiger partial charge in [-0.15, -0.1) is 0 Å². The summed E-state index contributed by atoms with van der Waals surface area (Å²) in [5.41, 5.74) is 0.282. The molecule has 0 bridgehead atoms. The Balaban J connectivity index is 2.15. The first-order valence-corrected chi connectivity index (χ1v) is 6.89. The van der Waals surface area contributed by atoms with Crippen LogP contribution in [-0.2, 0) is 13.0 Å². The Morgan fingerprint density at radius 3 is 2.90 bits per heavy atom. The summed E-state index contributed by atoms with van der Waals surface area (Å²) in [7, 11) is 0. The highest BCUT2D eigenvalue weighted by atomic mass is 19.4. The largest absolute Gasteiger partial charge is 0.415 e. The second-order valence-corrected chi connectivity index (χ2v) is 5.20. The Morgan fingerprint density at radius 2 is 2.29 bits per heavy atom. The maximum Gasteiger partial charge on any atom is 0.415 e. The van der Waals surface area contributed by atoms with Crippen molar-refractivity contribution in [1.82, 2.24) is 14.9 Å². The molecule has 1 saturated heterocycles. The number of nitrogens with zero attached hydrogens (tertiary/aromatic N) is 2. The monoisotopic (exact) mass is 305 g/mol. The number of aromatic nitrogens is 2. The zero-order valence-electron chi connectivity index (χ0n) is 11.7. The van der Waals surface area contributed by atoms with E-state index in [-0.39, 0.29) is 18.5 Å². The fourth-order valence-corrected chi connectivity index (χ4v) is 2.64. The molecule has 0 unspecified atom stereocenters. The van der Waals surface area contributed by atoms with Crippen LogP contribution in [0.2, 0.25) is 0 Å². The van der Waals surface area contributed by atoms with Gasteiger partial charge in [-0.05, 0) is 25.8 Å². The Hall–Kier alpha value is -1.41. The van der Waals surface area contributed by atoms with Gasteiger partial charge in [-0.2, -0.15) is 13.2 Å². The van der Waals surface area contributed by atoms with Crippen molar-refractivity contribution >= 4 is 0 Å². The van der Waals surface area contributed by atoms with Gasteiger partial charge < -0.3 is 10.1 Å². The van der Waals surface area contributed by atoms with Crippen molar-refractivity contribution in [2.24, 2.45) is 0 Å². The van der Waals surface area contributed by atoms with Crippen LogP contribution in [0.4, 0.5) is 13.2 Å². The highest BCUT2D eigenvalue weighted by Gasteiger charge is 2.47. The van der Waals surface area contributed by atoms with Gasteiger partial charge >= 0.3 is 6.18 Å². The van der Waals surface area contributed by atoms with Gasteiger partial charge in [-0.25, -0.2) is 4.98 Å². The number of likely N-dealkylation sites (tertiary alicyclic amines) is 1. The van der Waals surface area contributed by atoms with Crippen molar-refractivity contribution in [2.45, 2.75) is 51.1 Å². The predicted molar refractivity (Wildman–Crippen MR) is 69.7 cm³/mol. The van der Waals surface area contributed by atoms with Gasteiger partial charge in [0.15, 0.2) is 6.10 Å². The molecule has 1 aromatic heterocycles. The number of aromatic amines is 1. The second-order valence-electron chi connectivity index (χ2n) is 5.20. The number of H-pyrrole nitrogens is 1. The topological polar surface area (TPSA) is 69.2 Å². The van der Waals surface area contributed by atoms with Crippen molar-refractivity contribution in [1.29, 1.82) is 0 Å². The second kappa shape index (κ2) is 6.15. The van der Waals surface area contributed by atoms with E-state index < -0.39 is 18.3 Å². The average Bonchev–Trinajstić information content (AvgIpc) is 2.83. The van der Waals surface area contributed by atoms with Crippen LogP contribution in [0.3, 0.4) is 0 Å². The van der Waals surface area contributed by atoms with Crippen LogP contribution >= 0.6 is 0 Å². The fraction of sp³-hybridized carbons (Fsp3) is 0.692. The van der Waals surface area contributed by atoms with Crippen LogP contribution in [-0.4, -0.2) is 44.8 Å². The molecule has 118 valence electrons. The molecule has 0 spiro atoms. The molecule has 8 heteroatoms. The third-order valence-corrected chi connectivity index (χ3v) is 3.67. The zero-order chi connectivity index (χ0) is 15.6. The number of alkyl halides is 3. The number of halogens is 3. The van der Waals surface area contributed by atoms with Gasteiger partial charge in [0.2, 0.25) is 0 Å². The van der Waals surface area contributed by atoms with Gasteiger partial charge in [0.25, 0.3) is 5.56 Å². The van der Waals surface area contributed by atoms with Crippen LogP contribution in [0.25, 0.3) is 0 Å². The molecule has 0 radical (unpaired) electrons. The van der Waals surface area contributed by atoms with Gasteiger partial charge in [-0.3, -0.25) is 9.69 Å². The average molecular weight is 305 g/mol. The van der Waals surface area contributed by atoms with Gasteiger partial charge in [-0.1, -0.05) is 6.92 Å². The summed E-state index contributed by atoms with van der Waals surface area (Å²) in [4.78, 5) is 19.7. The highest BCUT2D eigenvalue weighted by molar-refractivity contribution is 5.03. The minimum Gasteiger partial charge on any atom is -0.382 e. The minimum atomic E-state index is -4.64. The summed E-state index contributed by atoms with van der Waals surface area (Å²) in [6.07, 6.45) is -5.58. The number of aliphatic hydroxyl groups is 1. The molecule has 1 aliphatic heterocycles. The first-order chi connectivity index (χ1) is 9.81. The van der Waals surface area contributed by atoms with E-state index in [9.17, 15) is 23.1 Å². The van der Waals surface area contributed by atoms with Crippen LogP contribution in [0.1, 0.15) is 31.3 Å². The van der Waals surface area contributed by atoms with Crippen LogP contribution in [0.15, 0.2) is 10.9 Å². The molecule has 0 amide bonds. The Kier molecular flexibility index (Phi) is 4.67. The lowest BCUT2D eigenvalue weighted by atomic mass is 10.1. The molecule has 2 atom stereocenters. The smallest absolute Gasteiger partial charge is 0.382 e. The molecule has 1 aromatic rings. The van der Waals surface area contributed by atoms with E-state index in [1.807, 2.05) is 6.92 Å². The Morgan fingerprint density at radius 1 is 1.57 bits per heavy atom. The van der Waals surface area contributed by atoms with E-state index in [0.717, 1.165) is 0 Å². The third kappa shape index (κ3) is 3.82. The summed E-state index contributed by atoms with van der Waals surface area (Å²) in [5, 5.41) is 9.43. The Bertz CT molecular complexity index is 544. The quantitative estimate of drug-likeness (QED) is 0.877. The molecule has 0 aliphatic carbocycles. The molecule has 2 heterocycles. The van der Waals surface area contributed by atoms with Gasteiger partial charge in [0.05, 0.1) is 6.54 Å². The highest BCUT2D eigenvalue weighted by Crippen LogP contribution is 2.31. The predicted octanol–water partition coefficient (Wildman–Crippen LogP) is 1.22. The van der Waals surface area contributed by atoms with E-state index in [1.165, 1.54) is 11.0 Å². The standard InChI is InChI=1S/C13H18F3N3O2/c1-2-8-6-11(20)18-10(17-8)7-19-5-3-4-9(19)12(21)13(14,15)16/h6,9,12,21H,2-5,7H2,1H3,(H,17,18,20)/t9-,12-/m0/s1. The first-order valence-electron chi connectivity index (χ1n) is 6.89. The van der Waals surface area contributed by atoms with E-state index in [4.69, 9.17) is 0 Å². The number of aryl methyl sites for hydroxylation is 1. The molecular weight excluding hydrogens is 287 g/mol. The van der Waals surface area contributed by atoms with E-state index in [0.29, 0.717) is 30.9 Å². The molecule has 1 fully saturated rings. The van der Waals surface area contributed by atoms with Crippen molar-refractivity contribution in [3.05, 3.63) is 27.9 Å². The number of hydrogen-bond acceptors (Lipinski definition) is 4. The van der Waals surface area contributed by atoms with Crippen molar-refractivity contribution in [2.75, 3.05) is 6.54 Å². The molecule has 1 aliphatic rings. The number of rotatable bonds is 4. The molecule has 2 N–H and O–H groups in total. The third-order valence-electron chi connectivity index (χ3n) is 3.67. The number of aliphatic hydroxyl groups excluding tert-OH is 1. The normalized spacial score (nSPS) is 21.7. The minimum absolute atomic E-state index is 0.0981. The van der Waals surface area contributed by atoms with Crippen molar-refractivity contribution < 1.29 is 18.3 Å². The van der Waals surface area contributed by atoms with Gasteiger partial charge in [0, 0.05) is 17.8 Å². The zero-order valence-corrected chi connectivity index (χ0v) is 11.7. The van der Waals surface area contributed by atoms with Crippen LogP contribution in [0, 0.1) is 0 Å². The Labute approximate surface area is 119 Å². The molecule has 2 rings (SSSR count). The summed E-state index contributed by atoms with van der Waals surface area (Å²) in [5.74, 6) is 0.334. The fourth-order valence-electron chi connectivity index (χ4n) is 2.64. The van der Waals surface area contributed by atoms with Crippen molar-refractivity contribution in [3.8, 4) is 0 Å². The summed E-state index contributed by atoms with van der Waals surface area (Å²) in [6.45, 7) is 2.39. The first kappa shape index (κ1) is 16.0. The van der Waals surface area contributed by atoms with E-state index in [2.05, 4.69) is 9.97 Å². The lowest BCUT2D eigenvalue weighted by molar-refractivity contribution is -0.219. The molecule has 0 saturated carbocycles. The summed E-state index contributed by atoms with van der Waals surface area (Å²) in [6, 6.07) is 0.385. The summed E-state index contributed by atoms with van der Waals surface area (Å²) >= 11 is 0. The van der Waals surface area contributed by atoms with E-state index >= 15 is 0 Å². The van der Waals surface area contributed by atoms with Crippen molar-refractivity contribution in [3.63, 3.8) is 0 Å². The SMILES string of the molecule is CCc1cc(=O)[nH]c(CN2CCC[C@H]2[C@H](O)C(F)(F)F)n1. The van der Waals surface area contributed by atoms with Crippen LogP contribution < -0.4 is 5.56 Å². The molecular formula is C13H18F3N3O2. The number of hydrogen-bond donors (Lipinski definition) is 2. The maximum atomic E-state index is 12.6. The maximum absolute atomic E-state index is 12.6. The van der Waals surface area contributed by atoms with Gasteiger partial charge in [0.1, 0.15) is 5.82 Å². The molecule has 0 aromatic carbocycles. The molecule has 5 nitrogen and oxygen atoms in total. The van der Waals surface area contributed by atoms with Crippen LogP contribution in [0.5, 0.6) is 0 Å². The molecule has 21 heavy (non-hydrogen) atoms. The van der Waals surface area contributed by atoms with E-state index in [1.54, 1.807) is 0 Å². The summed E-state index contributed by atoms with van der Waals surface area (Å²) < 4.78 is 37.9.